The highest BCUT2D eigenvalue weighted by atomic mass is 16.6. The molecule has 0 atom stereocenters. The van der Waals surface area contributed by atoms with E-state index in [-0.39, 0.29) is 17.2 Å². The van der Waals surface area contributed by atoms with E-state index in [0.717, 1.165) is 0 Å². The Bertz CT molecular complexity index is 522. The van der Waals surface area contributed by atoms with Crippen LogP contribution in [0.5, 0.6) is 5.75 Å². The van der Waals surface area contributed by atoms with E-state index in [1.807, 2.05) is 0 Å². The molecule has 82 valence electrons. The van der Waals surface area contributed by atoms with E-state index in [2.05, 4.69) is 11.9 Å². The molecule has 0 spiro atoms. The lowest BCUT2D eigenvalue weighted by molar-refractivity contribution is -0.385. The maximum atomic E-state index is 11.2. The van der Waals surface area contributed by atoms with Crippen LogP contribution in [-0.4, -0.2) is 10.8 Å². The molecule has 1 amide bonds. The average molecular weight is 220 g/mol. The Morgan fingerprint density at radius 3 is 2.81 bits per heavy atom. The van der Waals surface area contributed by atoms with Gasteiger partial charge in [0.2, 0.25) is 0 Å². The van der Waals surface area contributed by atoms with Gasteiger partial charge < -0.3 is 10.1 Å². The third kappa shape index (κ3) is 1.50. The van der Waals surface area contributed by atoms with Crippen molar-refractivity contribution in [2.24, 2.45) is 0 Å². The van der Waals surface area contributed by atoms with Gasteiger partial charge in [0.1, 0.15) is 0 Å². The second-order valence-electron chi connectivity index (χ2n) is 3.37. The normalized spacial score (nSPS) is 13.8. The number of rotatable bonds is 1. The summed E-state index contributed by atoms with van der Waals surface area (Å²) in [7, 11) is 0. The molecule has 0 saturated heterocycles. The Morgan fingerprint density at radius 1 is 1.50 bits per heavy atom. The summed E-state index contributed by atoms with van der Waals surface area (Å²) >= 11 is 0. The Kier molecular flexibility index (Phi) is 2.12. The zero-order chi connectivity index (χ0) is 11.9. The summed E-state index contributed by atoms with van der Waals surface area (Å²) < 4.78 is 5.08. The van der Waals surface area contributed by atoms with Crippen molar-refractivity contribution in [2.75, 3.05) is 5.32 Å². The fraction of sp³-hybridized carbons (Fsp3) is 0.100. The van der Waals surface area contributed by atoms with Crippen LogP contribution in [0.15, 0.2) is 24.5 Å². The summed E-state index contributed by atoms with van der Waals surface area (Å²) in [6.45, 7) is 4.98. The fourth-order valence-corrected chi connectivity index (χ4v) is 1.43. The molecule has 0 radical (unpaired) electrons. The first kappa shape index (κ1) is 10.2. The van der Waals surface area contributed by atoms with Crippen LogP contribution in [0.4, 0.5) is 11.4 Å². The van der Waals surface area contributed by atoms with Crippen molar-refractivity contribution in [1.82, 2.24) is 0 Å². The topological polar surface area (TPSA) is 81.5 Å². The molecule has 1 aromatic carbocycles. The molecule has 1 aliphatic heterocycles. The lowest BCUT2D eigenvalue weighted by Crippen LogP contribution is -2.22. The van der Waals surface area contributed by atoms with Crippen molar-refractivity contribution < 1.29 is 14.5 Å². The van der Waals surface area contributed by atoms with Gasteiger partial charge in [0, 0.05) is 5.56 Å². The van der Waals surface area contributed by atoms with E-state index in [9.17, 15) is 14.9 Å². The van der Waals surface area contributed by atoms with E-state index < -0.39 is 10.8 Å². The molecular weight excluding hydrogens is 212 g/mol. The minimum atomic E-state index is -0.502. The summed E-state index contributed by atoms with van der Waals surface area (Å²) in [5.74, 6) is -0.284. The van der Waals surface area contributed by atoms with Gasteiger partial charge in [-0.25, -0.2) is 0 Å². The minimum absolute atomic E-state index is 0.0531. The van der Waals surface area contributed by atoms with Gasteiger partial charge in [0.15, 0.2) is 11.5 Å². The maximum Gasteiger partial charge on any atom is 0.290 e. The van der Waals surface area contributed by atoms with Gasteiger partial charge in [-0.05, 0) is 13.0 Å². The predicted molar refractivity (Wildman–Crippen MR) is 56.2 cm³/mol. The van der Waals surface area contributed by atoms with Crippen molar-refractivity contribution >= 4 is 17.3 Å². The molecule has 0 saturated carbocycles. The highest BCUT2D eigenvalue weighted by Crippen LogP contribution is 2.36. The van der Waals surface area contributed by atoms with E-state index in [1.54, 1.807) is 6.92 Å². The summed E-state index contributed by atoms with van der Waals surface area (Å²) in [6.07, 6.45) is 0. The molecule has 2 rings (SSSR count). The lowest BCUT2D eigenvalue weighted by atomic mass is 10.1. The number of carbonyl (C=O) groups excluding carboxylic acids is 1. The minimum Gasteiger partial charge on any atom is -0.450 e. The van der Waals surface area contributed by atoms with Crippen LogP contribution in [0, 0.1) is 17.0 Å². The summed E-state index contributed by atoms with van der Waals surface area (Å²) in [5, 5.41) is 13.2. The fourth-order valence-electron chi connectivity index (χ4n) is 1.43. The van der Waals surface area contributed by atoms with Gasteiger partial charge in [-0.15, -0.1) is 0 Å². The highest BCUT2D eigenvalue weighted by Gasteiger charge is 2.24. The zero-order valence-electron chi connectivity index (χ0n) is 8.44. The molecule has 0 aromatic heterocycles. The van der Waals surface area contributed by atoms with Gasteiger partial charge >= 0.3 is 0 Å². The molecular formula is C10H8N2O4. The second kappa shape index (κ2) is 3.34. The number of nitro groups is 1. The van der Waals surface area contributed by atoms with Gasteiger partial charge in [0.05, 0.1) is 16.7 Å². The molecule has 0 aliphatic carbocycles. The average Bonchev–Trinajstić information content (AvgIpc) is 2.19. The largest absolute Gasteiger partial charge is 0.450 e. The van der Waals surface area contributed by atoms with Crippen molar-refractivity contribution in [3.63, 3.8) is 0 Å². The predicted octanol–water partition coefficient (Wildman–Crippen LogP) is 1.75. The standard InChI is InChI=1S/C10H8N2O4/c1-5-3-7-9(4-8(5)12(14)15)16-6(2)10(13)11-7/h3-4H,2H2,1H3,(H,11,13). The monoisotopic (exact) mass is 220 g/mol. The summed E-state index contributed by atoms with van der Waals surface area (Å²) in [4.78, 5) is 21.4. The smallest absolute Gasteiger partial charge is 0.290 e. The third-order valence-corrected chi connectivity index (χ3v) is 2.23. The molecule has 1 N–H and O–H groups in total. The van der Waals surface area contributed by atoms with Gasteiger partial charge in [0.25, 0.3) is 11.6 Å². The zero-order valence-corrected chi connectivity index (χ0v) is 8.44. The SMILES string of the molecule is C=C1Oc2cc([N+](=O)[O-])c(C)cc2NC1=O. The van der Waals surface area contributed by atoms with Crippen LogP contribution in [0.1, 0.15) is 5.56 Å². The van der Waals surface area contributed by atoms with Crippen molar-refractivity contribution in [1.29, 1.82) is 0 Å². The number of amides is 1. The van der Waals surface area contributed by atoms with Crippen LogP contribution in [-0.2, 0) is 4.79 Å². The molecule has 1 heterocycles. The van der Waals surface area contributed by atoms with Crippen LogP contribution >= 0.6 is 0 Å². The number of anilines is 1. The number of nitrogens with one attached hydrogen (secondary N) is 1. The van der Waals surface area contributed by atoms with Crippen molar-refractivity contribution in [2.45, 2.75) is 6.92 Å². The van der Waals surface area contributed by atoms with E-state index >= 15 is 0 Å². The molecule has 0 unspecified atom stereocenters. The van der Waals surface area contributed by atoms with Gasteiger partial charge in [-0.1, -0.05) is 6.58 Å². The number of nitro benzene ring substituents is 1. The first-order chi connectivity index (χ1) is 7.49. The van der Waals surface area contributed by atoms with Crippen molar-refractivity contribution in [3.05, 3.63) is 40.1 Å². The first-order valence-electron chi connectivity index (χ1n) is 4.46. The highest BCUT2D eigenvalue weighted by molar-refractivity contribution is 6.05. The molecule has 6 nitrogen and oxygen atoms in total. The molecule has 6 heteroatoms. The summed E-state index contributed by atoms with van der Waals surface area (Å²) in [5.41, 5.74) is 0.823. The molecule has 0 bridgehead atoms. The number of carbonyl (C=O) groups is 1. The Morgan fingerprint density at radius 2 is 2.19 bits per heavy atom. The van der Waals surface area contributed by atoms with Crippen LogP contribution < -0.4 is 10.1 Å². The number of benzene rings is 1. The quantitative estimate of drug-likeness (QED) is 0.444. The maximum absolute atomic E-state index is 11.2. The van der Waals surface area contributed by atoms with Crippen LogP contribution in [0.2, 0.25) is 0 Å². The Hall–Kier alpha value is -2.37. The number of fused-ring (bicyclic) bond motifs is 1. The van der Waals surface area contributed by atoms with Crippen LogP contribution in [0.25, 0.3) is 0 Å². The van der Waals surface area contributed by atoms with Crippen LogP contribution in [0.3, 0.4) is 0 Å². The number of hydrogen-bond donors (Lipinski definition) is 1. The Balaban J connectivity index is 2.55. The van der Waals surface area contributed by atoms with Gasteiger partial charge in [-0.3, -0.25) is 14.9 Å². The second-order valence-corrected chi connectivity index (χ2v) is 3.37. The lowest BCUT2D eigenvalue weighted by Gasteiger charge is -2.19. The number of ether oxygens (including phenoxy) is 1. The van der Waals surface area contributed by atoms with E-state index in [4.69, 9.17) is 4.74 Å². The molecule has 0 fully saturated rings. The van der Waals surface area contributed by atoms with Crippen molar-refractivity contribution in [3.8, 4) is 5.75 Å². The molecule has 1 aromatic rings. The van der Waals surface area contributed by atoms with E-state index in [0.29, 0.717) is 11.3 Å². The van der Waals surface area contributed by atoms with Gasteiger partial charge in [-0.2, -0.15) is 0 Å². The number of aryl methyl sites for hydroxylation is 1. The molecule has 16 heavy (non-hydrogen) atoms. The number of nitrogens with zero attached hydrogens (tertiary/aromatic N) is 1. The molecule has 1 aliphatic rings. The third-order valence-electron chi connectivity index (χ3n) is 2.23. The number of hydrogen-bond acceptors (Lipinski definition) is 4. The summed E-state index contributed by atoms with van der Waals surface area (Å²) in [6, 6.07) is 2.77. The Labute approximate surface area is 90.7 Å². The first-order valence-corrected chi connectivity index (χ1v) is 4.46. The van der Waals surface area contributed by atoms with E-state index in [1.165, 1.54) is 12.1 Å².